The van der Waals surface area contributed by atoms with Gasteiger partial charge in [0.15, 0.2) is 5.69 Å². The molecule has 3 N–H and O–H groups in total. The molecule has 0 aliphatic heterocycles. The molecular weight excluding hydrogens is 350 g/mol. The van der Waals surface area contributed by atoms with E-state index < -0.39 is 0 Å². The lowest BCUT2D eigenvalue weighted by atomic mass is 9.95. The smallest absolute Gasteiger partial charge is 0.274 e. The second-order valence-corrected chi connectivity index (χ2v) is 7.70. The van der Waals surface area contributed by atoms with Gasteiger partial charge in [-0.3, -0.25) is 4.79 Å². The van der Waals surface area contributed by atoms with Gasteiger partial charge in [0.1, 0.15) is 0 Å². The van der Waals surface area contributed by atoms with Crippen molar-refractivity contribution in [3.63, 3.8) is 0 Å². The fourth-order valence-electron chi connectivity index (χ4n) is 3.57. The van der Waals surface area contributed by atoms with Crippen molar-refractivity contribution in [3.8, 4) is 16.8 Å². The lowest BCUT2D eigenvalue weighted by Gasteiger charge is -2.29. The fraction of sp³-hybridized carbons (Fsp3) is 0.318. The van der Waals surface area contributed by atoms with E-state index in [1.165, 1.54) is 0 Å². The van der Waals surface area contributed by atoms with Gasteiger partial charge in [0, 0.05) is 6.54 Å². The Hall–Kier alpha value is -2.99. The van der Waals surface area contributed by atoms with Crippen LogP contribution in [0, 0.1) is 12.8 Å². The number of amides is 1. The normalized spacial score (nSPS) is 15.8. The van der Waals surface area contributed by atoms with Crippen LogP contribution in [0.3, 0.4) is 0 Å². The van der Waals surface area contributed by atoms with Crippen LogP contribution in [-0.4, -0.2) is 33.0 Å². The van der Waals surface area contributed by atoms with Crippen molar-refractivity contribution < 1.29 is 4.79 Å². The molecule has 6 heteroatoms. The summed E-state index contributed by atoms with van der Waals surface area (Å²) in [7, 11) is 0. The van der Waals surface area contributed by atoms with Crippen LogP contribution in [-0.2, 0) is 0 Å². The summed E-state index contributed by atoms with van der Waals surface area (Å²) in [4.78, 5) is 12.8. The number of hydrogen-bond acceptors (Lipinski definition) is 4. The first-order chi connectivity index (χ1) is 13.5. The molecule has 1 aliphatic rings. The minimum atomic E-state index is -0.384. The van der Waals surface area contributed by atoms with Gasteiger partial charge in [-0.25, -0.2) is 4.68 Å². The Labute approximate surface area is 164 Å². The molecule has 1 atom stereocenters. The van der Waals surface area contributed by atoms with Crippen LogP contribution < -0.4 is 11.1 Å². The highest BCUT2D eigenvalue weighted by Gasteiger charge is 2.42. The molecule has 144 valence electrons. The van der Waals surface area contributed by atoms with Gasteiger partial charge in [-0.05, 0) is 55.9 Å². The van der Waals surface area contributed by atoms with E-state index in [-0.39, 0.29) is 11.4 Å². The van der Waals surface area contributed by atoms with Gasteiger partial charge in [0.05, 0.1) is 16.9 Å². The molecular formula is C22H25N5O. The highest BCUT2D eigenvalue weighted by molar-refractivity contribution is 5.93. The zero-order chi connectivity index (χ0) is 19.7. The second kappa shape index (κ2) is 7.20. The maximum absolute atomic E-state index is 12.8. The van der Waals surface area contributed by atoms with Crippen LogP contribution in [0.4, 0.5) is 0 Å². The van der Waals surface area contributed by atoms with Crippen LogP contribution in [0.2, 0.25) is 0 Å². The van der Waals surface area contributed by atoms with Crippen LogP contribution in [0.15, 0.2) is 54.6 Å². The van der Waals surface area contributed by atoms with E-state index in [9.17, 15) is 4.79 Å². The van der Waals surface area contributed by atoms with Crippen LogP contribution in [0.25, 0.3) is 16.8 Å². The molecule has 1 unspecified atom stereocenters. The number of carbonyl (C=O) groups excluding carboxylic acids is 1. The van der Waals surface area contributed by atoms with Crippen LogP contribution in [0.5, 0.6) is 0 Å². The van der Waals surface area contributed by atoms with Gasteiger partial charge in [0.25, 0.3) is 5.91 Å². The van der Waals surface area contributed by atoms with Crippen molar-refractivity contribution in [2.75, 3.05) is 6.54 Å². The van der Waals surface area contributed by atoms with E-state index in [0.717, 1.165) is 29.7 Å². The minimum absolute atomic E-state index is 0.218. The third-order valence-corrected chi connectivity index (χ3v) is 5.63. The predicted octanol–water partition coefficient (Wildman–Crippen LogP) is 3.10. The summed E-state index contributed by atoms with van der Waals surface area (Å²) in [5, 5.41) is 11.4. The number of hydrogen-bond donors (Lipinski definition) is 2. The van der Waals surface area contributed by atoms with Crippen molar-refractivity contribution in [2.45, 2.75) is 32.2 Å². The van der Waals surface area contributed by atoms with Crippen LogP contribution >= 0.6 is 0 Å². The molecule has 1 saturated carbocycles. The SMILES string of the molecule is Cc1c(C(=O)NC(C)(CN)C2CC2)nnn1-c1ccc(-c2ccccc2)cc1. The van der Waals surface area contributed by atoms with Gasteiger partial charge in [0.2, 0.25) is 0 Å². The van der Waals surface area contributed by atoms with Gasteiger partial charge in [-0.1, -0.05) is 47.7 Å². The number of benzene rings is 2. The average Bonchev–Trinajstić information content (AvgIpc) is 3.52. The van der Waals surface area contributed by atoms with Gasteiger partial charge in [-0.15, -0.1) is 5.10 Å². The van der Waals surface area contributed by atoms with Crippen molar-refractivity contribution in [1.29, 1.82) is 0 Å². The molecule has 1 amide bonds. The highest BCUT2D eigenvalue weighted by Crippen LogP contribution is 2.39. The minimum Gasteiger partial charge on any atom is -0.344 e. The summed E-state index contributed by atoms with van der Waals surface area (Å²) in [6.45, 7) is 4.28. The summed E-state index contributed by atoms with van der Waals surface area (Å²) >= 11 is 0. The first-order valence-electron chi connectivity index (χ1n) is 9.62. The Morgan fingerprint density at radius 2 is 1.79 bits per heavy atom. The molecule has 0 bridgehead atoms. The van der Waals surface area contributed by atoms with Crippen LogP contribution in [0.1, 0.15) is 35.9 Å². The Kier molecular flexibility index (Phi) is 4.73. The van der Waals surface area contributed by atoms with Gasteiger partial charge in [-0.2, -0.15) is 0 Å². The second-order valence-electron chi connectivity index (χ2n) is 7.70. The highest BCUT2D eigenvalue weighted by atomic mass is 16.2. The summed E-state index contributed by atoms with van der Waals surface area (Å²) < 4.78 is 1.70. The van der Waals surface area contributed by atoms with E-state index in [1.54, 1.807) is 4.68 Å². The van der Waals surface area contributed by atoms with E-state index in [0.29, 0.717) is 23.9 Å². The number of rotatable bonds is 6. The number of nitrogens with two attached hydrogens (primary N) is 1. The Bertz CT molecular complexity index is 976. The van der Waals surface area contributed by atoms with Crippen molar-refractivity contribution >= 4 is 5.91 Å². The third kappa shape index (κ3) is 3.43. The molecule has 1 aliphatic carbocycles. The van der Waals surface area contributed by atoms with E-state index >= 15 is 0 Å². The van der Waals surface area contributed by atoms with Gasteiger partial charge < -0.3 is 11.1 Å². The topological polar surface area (TPSA) is 85.8 Å². The summed E-state index contributed by atoms with van der Waals surface area (Å²) in [6.07, 6.45) is 2.21. The van der Waals surface area contributed by atoms with E-state index in [1.807, 2.05) is 56.3 Å². The number of carbonyl (C=O) groups is 1. The third-order valence-electron chi connectivity index (χ3n) is 5.63. The lowest BCUT2D eigenvalue weighted by molar-refractivity contribution is 0.0892. The van der Waals surface area contributed by atoms with Crippen molar-refractivity contribution in [2.24, 2.45) is 11.7 Å². The van der Waals surface area contributed by atoms with E-state index in [4.69, 9.17) is 5.73 Å². The molecule has 1 heterocycles. The molecule has 2 aromatic carbocycles. The molecule has 0 radical (unpaired) electrons. The Morgan fingerprint density at radius 1 is 1.14 bits per heavy atom. The molecule has 0 saturated heterocycles. The number of nitrogens with one attached hydrogen (secondary N) is 1. The largest absolute Gasteiger partial charge is 0.344 e. The van der Waals surface area contributed by atoms with E-state index in [2.05, 4.69) is 27.8 Å². The summed E-state index contributed by atoms with van der Waals surface area (Å²) in [5.41, 5.74) is 9.73. The lowest BCUT2D eigenvalue weighted by Crippen LogP contribution is -2.53. The summed E-state index contributed by atoms with van der Waals surface area (Å²) in [6, 6.07) is 18.3. The Balaban J connectivity index is 1.56. The molecule has 1 aromatic heterocycles. The fourth-order valence-corrected chi connectivity index (χ4v) is 3.57. The maximum atomic E-state index is 12.8. The zero-order valence-corrected chi connectivity index (χ0v) is 16.2. The first kappa shape index (κ1) is 18.4. The van der Waals surface area contributed by atoms with Crippen molar-refractivity contribution in [3.05, 3.63) is 66.0 Å². The number of aromatic nitrogens is 3. The molecule has 4 rings (SSSR count). The molecule has 1 fully saturated rings. The monoisotopic (exact) mass is 375 g/mol. The quantitative estimate of drug-likeness (QED) is 0.693. The number of nitrogens with zero attached hydrogens (tertiary/aromatic N) is 3. The standard InChI is InChI=1S/C22H25N5O/c1-15-20(21(28)24-22(2,14-23)18-10-11-18)25-26-27(15)19-12-8-17(9-13-19)16-6-4-3-5-7-16/h3-9,12-13,18H,10-11,14,23H2,1-2H3,(H,24,28). The van der Waals surface area contributed by atoms with Crippen molar-refractivity contribution in [1.82, 2.24) is 20.3 Å². The maximum Gasteiger partial charge on any atom is 0.274 e. The predicted molar refractivity (Wildman–Crippen MR) is 109 cm³/mol. The zero-order valence-electron chi connectivity index (χ0n) is 16.2. The average molecular weight is 375 g/mol. The molecule has 28 heavy (non-hydrogen) atoms. The van der Waals surface area contributed by atoms with Gasteiger partial charge >= 0.3 is 0 Å². The molecule has 0 spiro atoms. The Morgan fingerprint density at radius 3 is 2.39 bits per heavy atom. The summed E-state index contributed by atoms with van der Waals surface area (Å²) in [5.74, 6) is 0.229. The molecule has 6 nitrogen and oxygen atoms in total. The molecule has 3 aromatic rings. The first-order valence-corrected chi connectivity index (χ1v) is 9.62.